The van der Waals surface area contributed by atoms with Crippen molar-refractivity contribution in [3.8, 4) is 5.88 Å². The molecule has 2 aromatic rings. The molecule has 0 aliphatic rings. The standard InChI is InChI=1S/C19H27N5O3/c1-5-7-14(8-6-2)22-16-11-13(3)21-19(18(16)24(25)26)23-15-9-10-17(27-4)20-12-15/h9-12,14H,5-8H2,1-4H3,(H2,21,22,23). The van der Waals surface area contributed by atoms with Crippen LogP contribution in [0.4, 0.5) is 22.9 Å². The first-order chi connectivity index (χ1) is 13.0. The van der Waals surface area contributed by atoms with Crippen LogP contribution in [0.3, 0.4) is 0 Å². The summed E-state index contributed by atoms with van der Waals surface area (Å²) in [5, 5.41) is 18.2. The van der Waals surface area contributed by atoms with Crippen LogP contribution < -0.4 is 15.4 Å². The fourth-order valence-electron chi connectivity index (χ4n) is 2.97. The minimum absolute atomic E-state index is 0.0615. The molecule has 2 aromatic heterocycles. The Morgan fingerprint density at radius 3 is 2.48 bits per heavy atom. The maximum Gasteiger partial charge on any atom is 0.334 e. The van der Waals surface area contributed by atoms with E-state index in [4.69, 9.17) is 4.74 Å². The Kier molecular flexibility index (Phi) is 7.34. The van der Waals surface area contributed by atoms with E-state index in [1.807, 2.05) is 6.92 Å². The number of nitrogens with zero attached hydrogens (tertiary/aromatic N) is 3. The van der Waals surface area contributed by atoms with Gasteiger partial charge < -0.3 is 15.4 Å². The average molecular weight is 373 g/mol. The highest BCUT2D eigenvalue weighted by molar-refractivity contribution is 5.77. The van der Waals surface area contributed by atoms with Crippen LogP contribution in [0.25, 0.3) is 0 Å². The van der Waals surface area contributed by atoms with Crippen molar-refractivity contribution in [2.45, 2.75) is 52.5 Å². The quantitative estimate of drug-likeness (QED) is 0.454. The molecule has 2 rings (SSSR count). The second-order valence-electron chi connectivity index (χ2n) is 6.40. The van der Waals surface area contributed by atoms with E-state index in [1.165, 1.54) is 7.11 Å². The number of nitro groups is 1. The first kappa shape index (κ1) is 20.4. The summed E-state index contributed by atoms with van der Waals surface area (Å²) in [5.41, 5.74) is 1.72. The molecule has 8 nitrogen and oxygen atoms in total. The molecule has 0 saturated heterocycles. The third kappa shape index (κ3) is 5.54. The molecule has 0 unspecified atom stereocenters. The van der Waals surface area contributed by atoms with Crippen molar-refractivity contribution >= 4 is 22.9 Å². The van der Waals surface area contributed by atoms with Gasteiger partial charge in [0.1, 0.15) is 5.69 Å². The number of hydrogen-bond donors (Lipinski definition) is 2. The monoisotopic (exact) mass is 373 g/mol. The Bertz CT molecular complexity index is 759. The molecule has 0 atom stereocenters. The molecule has 0 aromatic carbocycles. The highest BCUT2D eigenvalue weighted by Crippen LogP contribution is 2.35. The fourth-order valence-corrected chi connectivity index (χ4v) is 2.97. The van der Waals surface area contributed by atoms with Crippen LogP contribution in [0.2, 0.25) is 0 Å². The van der Waals surface area contributed by atoms with E-state index in [2.05, 4.69) is 34.4 Å². The summed E-state index contributed by atoms with van der Waals surface area (Å²) in [6.07, 6.45) is 5.49. The van der Waals surface area contributed by atoms with Gasteiger partial charge >= 0.3 is 5.69 Å². The van der Waals surface area contributed by atoms with Gasteiger partial charge in [0.15, 0.2) is 0 Å². The van der Waals surface area contributed by atoms with Gasteiger partial charge in [-0.25, -0.2) is 9.97 Å². The molecule has 2 N–H and O–H groups in total. The topological polar surface area (TPSA) is 102 Å². The Balaban J connectivity index is 2.38. The number of pyridine rings is 2. The van der Waals surface area contributed by atoms with Crippen molar-refractivity contribution in [2.24, 2.45) is 0 Å². The SMILES string of the molecule is CCCC(CCC)Nc1cc(C)nc(Nc2ccc(OC)nc2)c1[N+](=O)[O-]. The zero-order valence-electron chi connectivity index (χ0n) is 16.3. The molecular weight excluding hydrogens is 346 g/mol. The van der Waals surface area contributed by atoms with E-state index >= 15 is 0 Å². The minimum Gasteiger partial charge on any atom is -0.481 e. The van der Waals surface area contributed by atoms with Gasteiger partial charge in [0, 0.05) is 17.8 Å². The van der Waals surface area contributed by atoms with Gasteiger partial charge in [-0.1, -0.05) is 26.7 Å². The van der Waals surface area contributed by atoms with E-state index in [0.717, 1.165) is 25.7 Å². The highest BCUT2D eigenvalue weighted by Gasteiger charge is 2.24. The molecule has 27 heavy (non-hydrogen) atoms. The van der Waals surface area contributed by atoms with Crippen molar-refractivity contribution in [1.82, 2.24) is 9.97 Å². The van der Waals surface area contributed by atoms with E-state index in [0.29, 0.717) is 22.9 Å². The van der Waals surface area contributed by atoms with Gasteiger partial charge in [0.05, 0.1) is 23.9 Å². The summed E-state index contributed by atoms with van der Waals surface area (Å²) < 4.78 is 5.04. The smallest absolute Gasteiger partial charge is 0.334 e. The zero-order chi connectivity index (χ0) is 19.8. The van der Waals surface area contributed by atoms with E-state index < -0.39 is 4.92 Å². The second-order valence-corrected chi connectivity index (χ2v) is 6.40. The molecule has 0 spiro atoms. The largest absolute Gasteiger partial charge is 0.481 e. The summed E-state index contributed by atoms with van der Waals surface area (Å²) in [4.78, 5) is 19.8. The van der Waals surface area contributed by atoms with Crippen molar-refractivity contribution < 1.29 is 9.66 Å². The lowest BCUT2D eigenvalue weighted by Crippen LogP contribution is -2.20. The minimum atomic E-state index is -0.400. The molecule has 0 aliphatic heterocycles. The number of nitrogens with one attached hydrogen (secondary N) is 2. The lowest BCUT2D eigenvalue weighted by molar-refractivity contribution is -0.383. The van der Waals surface area contributed by atoms with Crippen LogP contribution in [0.5, 0.6) is 5.88 Å². The van der Waals surface area contributed by atoms with Crippen molar-refractivity contribution in [3.05, 3.63) is 40.2 Å². The lowest BCUT2D eigenvalue weighted by atomic mass is 10.1. The Morgan fingerprint density at radius 2 is 1.96 bits per heavy atom. The first-order valence-electron chi connectivity index (χ1n) is 9.18. The van der Waals surface area contributed by atoms with Crippen molar-refractivity contribution in [1.29, 1.82) is 0 Å². The predicted octanol–water partition coefficient (Wildman–Crippen LogP) is 4.83. The van der Waals surface area contributed by atoms with Crippen LogP contribution in [0, 0.1) is 17.0 Å². The zero-order valence-corrected chi connectivity index (χ0v) is 16.3. The highest BCUT2D eigenvalue weighted by atomic mass is 16.6. The number of ether oxygens (including phenoxy) is 1. The number of aryl methyl sites for hydroxylation is 1. The van der Waals surface area contributed by atoms with E-state index in [1.54, 1.807) is 24.4 Å². The van der Waals surface area contributed by atoms with E-state index in [-0.39, 0.29) is 17.5 Å². The second kappa shape index (κ2) is 9.70. The maximum atomic E-state index is 11.8. The maximum absolute atomic E-state index is 11.8. The average Bonchev–Trinajstić information content (AvgIpc) is 2.62. The summed E-state index contributed by atoms with van der Waals surface area (Å²) >= 11 is 0. The fraction of sp³-hybridized carbons (Fsp3) is 0.474. The van der Waals surface area contributed by atoms with Gasteiger partial charge in [-0.15, -0.1) is 0 Å². The van der Waals surface area contributed by atoms with Gasteiger partial charge in [0.2, 0.25) is 11.7 Å². The number of anilines is 3. The van der Waals surface area contributed by atoms with Crippen molar-refractivity contribution in [3.63, 3.8) is 0 Å². The molecule has 2 heterocycles. The lowest BCUT2D eigenvalue weighted by Gasteiger charge is -2.20. The van der Waals surface area contributed by atoms with Crippen LogP contribution in [0.15, 0.2) is 24.4 Å². The molecule has 0 aliphatic carbocycles. The normalized spacial score (nSPS) is 10.7. The molecule has 0 bridgehead atoms. The Morgan fingerprint density at radius 1 is 1.26 bits per heavy atom. The number of hydrogen-bond acceptors (Lipinski definition) is 7. The molecular formula is C19H27N5O3. The molecule has 0 amide bonds. The van der Waals surface area contributed by atoms with Crippen molar-refractivity contribution in [2.75, 3.05) is 17.7 Å². The van der Waals surface area contributed by atoms with Gasteiger partial charge in [-0.05, 0) is 31.9 Å². The Hall–Kier alpha value is -2.90. The summed E-state index contributed by atoms with van der Waals surface area (Å²) in [7, 11) is 1.53. The number of rotatable bonds is 10. The number of methoxy groups -OCH3 is 1. The molecule has 146 valence electrons. The molecule has 0 saturated carbocycles. The number of aromatic nitrogens is 2. The predicted molar refractivity (Wildman–Crippen MR) is 107 cm³/mol. The van der Waals surface area contributed by atoms with Gasteiger partial charge in [-0.2, -0.15) is 0 Å². The third-order valence-corrected chi connectivity index (χ3v) is 4.15. The van der Waals surface area contributed by atoms with Crippen LogP contribution >= 0.6 is 0 Å². The summed E-state index contributed by atoms with van der Waals surface area (Å²) in [6, 6.07) is 5.34. The third-order valence-electron chi connectivity index (χ3n) is 4.15. The Labute approximate surface area is 159 Å². The van der Waals surface area contributed by atoms with Crippen LogP contribution in [0.1, 0.15) is 45.2 Å². The summed E-state index contributed by atoms with van der Waals surface area (Å²) in [6.45, 7) is 6.04. The van der Waals surface area contributed by atoms with Crippen LogP contribution in [-0.2, 0) is 0 Å². The molecule has 8 heteroatoms. The van der Waals surface area contributed by atoms with Gasteiger partial charge in [0.25, 0.3) is 0 Å². The summed E-state index contributed by atoms with van der Waals surface area (Å²) in [5.74, 6) is 0.665. The van der Waals surface area contributed by atoms with Crippen LogP contribution in [-0.4, -0.2) is 28.0 Å². The molecule has 0 fully saturated rings. The first-order valence-corrected chi connectivity index (χ1v) is 9.18. The molecule has 0 radical (unpaired) electrons. The van der Waals surface area contributed by atoms with Gasteiger partial charge in [-0.3, -0.25) is 10.1 Å². The van der Waals surface area contributed by atoms with E-state index in [9.17, 15) is 10.1 Å².